The molecule has 4 rings (SSSR count). The molecule has 4 heteroatoms. The lowest BCUT2D eigenvalue weighted by Crippen LogP contribution is -2.14. The molecule has 110 valence electrons. The van der Waals surface area contributed by atoms with Crippen molar-refractivity contribution in [2.24, 2.45) is 0 Å². The molecule has 0 fully saturated rings. The smallest absolute Gasteiger partial charge is 0.226 e. The van der Waals surface area contributed by atoms with Crippen molar-refractivity contribution >= 4 is 0 Å². The second-order valence-corrected chi connectivity index (χ2v) is 5.72. The van der Waals surface area contributed by atoms with Crippen molar-refractivity contribution in [2.45, 2.75) is 32.1 Å². The summed E-state index contributed by atoms with van der Waals surface area (Å²) in [6.07, 6.45) is 6.35. The first-order valence-electron chi connectivity index (χ1n) is 7.63. The molecule has 2 aromatic heterocycles. The monoisotopic (exact) mass is 291 g/mol. The van der Waals surface area contributed by atoms with E-state index in [1.54, 1.807) is 12.4 Å². The molecule has 0 spiro atoms. The molecule has 0 saturated carbocycles. The highest BCUT2D eigenvalue weighted by molar-refractivity contribution is 5.53. The molecule has 0 N–H and O–H groups in total. The Morgan fingerprint density at radius 2 is 1.91 bits per heavy atom. The van der Waals surface area contributed by atoms with Gasteiger partial charge in [-0.05, 0) is 25.5 Å². The number of aryl methyl sites for hydroxylation is 2. The fourth-order valence-corrected chi connectivity index (χ4v) is 3.14. The van der Waals surface area contributed by atoms with Crippen molar-refractivity contribution in [3.05, 3.63) is 65.6 Å². The number of nitrogens with zero attached hydrogens (tertiary/aromatic N) is 3. The Kier molecular flexibility index (Phi) is 3.22. The Morgan fingerprint density at radius 1 is 1.09 bits per heavy atom. The summed E-state index contributed by atoms with van der Waals surface area (Å²) in [5.41, 5.74) is 4.21. The zero-order valence-corrected chi connectivity index (χ0v) is 12.5. The second kappa shape index (κ2) is 5.37. The van der Waals surface area contributed by atoms with Gasteiger partial charge in [-0.2, -0.15) is 0 Å². The SMILES string of the molecule is Cc1nccnc1C1CCc2oc(-c3ccccc3)nc2C1. The average Bonchev–Trinajstić information content (AvgIpc) is 2.99. The van der Waals surface area contributed by atoms with Crippen LogP contribution in [0, 0.1) is 6.92 Å². The molecular formula is C18H17N3O. The van der Waals surface area contributed by atoms with Gasteiger partial charge >= 0.3 is 0 Å². The molecule has 0 saturated heterocycles. The number of oxazole rings is 1. The van der Waals surface area contributed by atoms with Crippen LogP contribution in [0.15, 0.2) is 47.1 Å². The van der Waals surface area contributed by atoms with Gasteiger partial charge in [-0.25, -0.2) is 4.98 Å². The maximum Gasteiger partial charge on any atom is 0.226 e. The average molecular weight is 291 g/mol. The molecule has 3 aromatic rings. The predicted molar refractivity (Wildman–Crippen MR) is 83.5 cm³/mol. The first-order chi connectivity index (χ1) is 10.8. The molecule has 1 aliphatic rings. The molecular weight excluding hydrogens is 274 g/mol. The van der Waals surface area contributed by atoms with Crippen molar-refractivity contribution < 1.29 is 4.42 Å². The summed E-state index contributed by atoms with van der Waals surface area (Å²) in [5, 5.41) is 0. The first kappa shape index (κ1) is 13.2. The topological polar surface area (TPSA) is 51.8 Å². The Bertz CT molecular complexity index is 795. The van der Waals surface area contributed by atoms with E-state index in [0.29, 0.717) is 5.92 Å². The third-order valence-electron chi connectivity index (χ3n) is 4.26. The minimum Gasteiger partial charge on any atom is -0.441 e. The van der Waals surface area contributed by atoms with Crippen LogP contribution in [0.3, 0.4) is 0 Å². The van der Waals surface area contributed by atoms with Crippen LogP contribution in [0.1, 0.15) is 35.2 Å². The van der Waals surface area contributed by atoms with Crippen LogP contribution in [-0.4, -0.2) is 15.0 Å². The summed E-state index contributed by atoms with van der Waals surface area (Å²) in [7, 11) is 0. The Hall–Kier alpha value is -2.49. The van der Waals surface area contributed by atoms with Gasteiger partial charge in [-0.3, -0.25) is 9.97 Å². The van der Waals surface area contributed by atoms with E-state index in [1.165, 1.54) is 0 Å². The number of rotatable bonds is 2. The fraction of sp³-hybridized carbons (Fsp3) is 0.278. The molecule has 4 nitrogen and oxygen atoms in total. The number of benzene rings is 1. The van der Waals surface area contributed by atoms with Crippen molar-refractivity contribution in [2.75, 3.05) is 0 Å². The third kappa shape index (κ3) is 2.30. The third-order valence-corrected chi connectivity index (χ3v) is 4.26. The minimum atomic E-state index is 0.384. The van der Waals surface area contributed by atoms with E-state index in [0.717, 1.165) is 53.6 Å². The molecule has 0 bridgehead atoms. The molecule has 0 amide bonds. The van der Waals surface area contributed by atoms with Crippen LogP contribution in [0.25, 0.3) is 11.5 Å². The Labute approximate surface area is 129 Å². The minimum absolute atomic E-state index is 0.384. The molecule has 1 atom stereocenters. The highest BCUT2D eigenvalue weighted by atomic mass is 16.4. The van der Waals surface area contributed by atoms with E-state index in [9.17, 15) is 0 Å². The Balaban J connectivity index is 1.64. The van der Waals surface area contributed by atoms with Gasteiger partial charge in [0.25, 0.3) is 0 Å². The number of fused-ring (bicyclic) bond motifs is 1. The van der Waals surface area contributed by atoms with Crippen LogP contribution in [0.2, 0.25) is 0 Å². The van der Waals surface area contributed by atoms with E-state index in [1.807, 2.05) is 37.3 Å². The molecule has 2 heterocycles. The molecule has 1 aliphatic carbocycles. The van der Waals surface area contributed by atoms with Crippen molar-refractivity contribution in [3.8, 4) is 11.5 Å². The fourth-order valence-electron chi connectivity index (χ4n) is 3.14. The van der Waals surface area contributed by atoms with E-state index >= 15 is 0 Å². The van der Waals surface area contributed by atoms with Gasteiger partial charge in [-0.15, -0.1) is 0 Å². The summed E-state index contributed by atoms with van der Waals surface area (Å²) in [6, 6.07) is 10.1. The van der Waals surface area contributed by atoms with Gasteiger partial charge in [-0.1, -0.05) is 18.2 Å². The van der Waals surface area contributed by atoms with E-state index in [-0.39, 0.29) is 0 Å². The van der Waals surface area contributed by atoms with Crippen LogP contribution < -0.4 is 0 Å². The van der Waals surface area contributed by atoms with Gasteiger partial charge in [0, 0.05) is 36.7 Å². The summed E-state index contributed by atoms with van der Waals surface area (Å²) >= 11 is 0. The van der Waals surface area contributed by atoms with Gasteiger partial charge in [0.2, 0.25) is 5.89 Å². The van der Waals surface area contributed by atoms with Gasteiger partial charge in [0.05, 0.1) is 17.1 Å². The Morgan fingerprint density at radius 3 is 2.73 bits per heavy atom. The van der Waals surface area contributed by atoms with Crippen molar-refractivity contribution in [3.63, 3.8) is 0 Å². The van der Waals surface area contributed by atoms with Gasteiger partial charge in [0.1, 0.15) is 5.76 Å². The molecule has 1 unspecified atom stereocenters. The normalized spacial score (nSPS) is 17.2. The number of hydrogen-bond donors (Lipinski definition) is 0. The highest BCUT2D eigenvalue weighted by Gasteiger charge is 2.27. The quantitative estimate of drug-likeness (QED) is 0.722. The first-order valence-corrected chi connectivity index (χ1v) is 7.63. The lowest BCUT2D eigenvalue weighted by molar-refractivity contribution is 0.460. The van der Waals surface area contributed by atoms with Crippen molar-refractivity contribution in [1.82, 2.24) is 15.0 Å². The van der Waals surface area contributed by atoms with Crippen LogP contribution in [0.4, 0.5) is 0 Å². The summed E-state index contributed by atoms with van der Waals surface area (Å²) in [5.74, 6) is 2.13. The molecule has 0 radical (unpaired) electrons. The lowest BCUT2D eigenvalue weighted by Gasteiger charge is -2.20. The number of hydrogen-bond acceptors (Lipinski definition) is 4. The highest BCUT2D eigenvalue weighted by Crippen LogP contribution is 2.34. The molecule has 22 heavy (non-hydrogen) atoms. The van der Waals surface area contributed by atoms with E-state index in [2.05, 4.69) is 9.97 Å². The van der Waals surface area contributed by atoms with Crippen LogP contribution >= 0.6 is 0 Å². The van der Waals surface area contributed by atoms with Crippen molar-refractivity contribution in [1.29, 1.82) is 0 Å². The second-order valence-electron chi connectivity index (χ2n) is 5.72. The van der Waals surface area contributed by atoms with Gasteiger partial charge in [0.15, 0.2) is 0 Å². The summed E-state index contributed by atoms with van der Waals surface area (Å²) in [4.78, 5) is 13.6. The summed E-state index contributed by atoms with van der Waals surface area (Å²) in [6.45, 7) is 2.02. The van der Waals surface area contributed by atoms with Gasteiger partial charge < -0.3 is 4.42 Å². The maximum atomic E-state index is 5.96. The molecule has 0 aliphatic heterocycles. The van der Waals surface area contributed by atoms with E-state index in [4.69, 9.17) is 9.40 Å². The zero-order valence-electron chi connectivity index (χ0n) is 12.5. The zero-order chi connectivity index (χ0) is 14.9. The standard InChI is InChI=1S/C18H17N3O/c1-12-17(20-10-9-19-12)14-7-8-16-15(11-14)21-18(22-16)13-5-3-2-4-6-13/h2-6,9-10,14H,7-8,11H2,1H3. The maximum absolute atomic E-state index is 5.96. The predicted octanol–water partition coefficient (Wildman–Crippen LogP) is 3.71. The summed E-state index contributed by atoms with van der Waals surface area (Å²) < 4.78 is 5.96. The largest absolute Gasteiger partial charge is 0.441 e. The lowest BCUT2D eigenvalue weighted by atomic mass is 9.87. The number of aromatic nitrogens is 3. The molecule has 1 aromatic carbocycles. The van der Waals surface area contributed by atoms with E-state index < -0.39 is 0 Å². The van der Waals surface area contributed by atoms with Crippen LogP contribution in [-0.2, 0) is 12.8 Å². The van der Waals surface area contributed by atoms with Crippen LogP contribution in [0.5, 0.6) is 0 Å².